The Kier molecular flexibility index (Phi) is 5.57. The Balaban J connectivity index is 1.71. The van der Waals surface area contributed by atoms with Crippen LogP contribution in [0.1, 0.15) is 25.3 Å². The van der Waals surface area contributed by atoms with Gasteiger partial charge in [-0.05, 0) is 43.5 Å². The fourth-order valence-corrected chi connectivity index (χ4v) is 3.53. The van der Waals surface area contributed by atoms with Crippen molar-refractivity contribution in [1.29, 1.82) is 0 Å². The molecule has 0 atom stereocenters. The van der Waals surface area contributed by atoms with Crippen molar-refractivity contribution in [2.75, 3.05) is 39.8 Å². The first-order valence-corrected chi connectivity index (χ1v) is 8.90. The zero-order valence-electron chi connectivity index (χ0n) is 14.5. The second-order valence-corrected chi connectivity index (χ2v) is 6.43. The van der Waals surface area contributed by atoms with Crippen LogP contribution < -0.4 is 10.1 Å². The molecule has 2 heterocycles. The summed E-state index contributed by atoms with van der Waals surface area (Å²) in [4.78, 5) is 2.57. The maximum atomic E-state index is 5.40. The third-order valence-corrected chi connectivity index (χ3v) is 4.77. The Hall–Kier alpha value is -1.52. The van der Waals surface area contributed by atoms with Gasteiger partial charge in [-0.1, -0.05) is 6.92 Å². The van der Waals surface area contributed by atoms with Crippen LogP contribution in [0.4, 0.5) is 0 Å². The molecular formula is C19H29N3O. The molecule has 0 bridgehead atoms. The Morgan fingerprint density at radius 3 is 2.74 bits per heavy atom. The first-order valence-electron chi connectivity index (χ1n) is 8.90. The number of ether oxygens (including phenoxy) is 1. The Morgan fingerprint density at radius 2 is 2.00 bits per heavy atom. The number of hydrogen-bond donors (Lipinski definition) is 1. The van der Waals surface area contributed by atoms with Crippen molar-refractivity contribution < 1.29 is 4.74 Å². The van der Waals surface area contributed by atoms with Crippen molar-refractivity contribution in [3.63, 3.8) is 0 Å². The Labute approximate surface area is 139 Å². The average molecular weight is 315 g/mol. The van der Waals surface area contributed by atoms with Gasteiger partial charge in [0.05, 0.1) is 12.6 Å². The molecule has 1 saturated heterocycles. The molecule has 1 aliphatic rings. The van der Waals surface area contributed by atoms with Gasteiger partial charge in [-0.25, -0.2) is 0 Å². The molecule has 126 valence electrons. The average Bonchev–Trinajstić information content (AvgIpc) is 2.93. The monoisotopic (exact) mass is 315 g/mol. The van der Waals surface area contributed by atoms with Gasteiger partial charge in [0, 0.05) is 50.4 Å². The number of aromatic nitrogens is 1. The van der Waals surface area contributed by atoms with E-state index in [9.17, 15) is 0 Å². The Bertz CT molecular complexity index is 629. The largest absolute Gasteiger partial charge is 0.497 e. The molecule has 2 aromatic rings. The number of hydrogen-bond acceptors (Lipinski definition) is 3. The summed E-state index contributed by atoms with van der Waals surface area (Å²) in [5.41, 5.74) is 2.79. The van der Waals surface area contributed by atoms with Crippen molar-refractivity contribution in [3.05, 3.63) is 30.0 Å². The topological polar surface area (TPSA) is 29.4 Å². The maximum absolute atomic E-state index is 5.40. The lowest BCUT2D eigenvalue weighted by Crippen LogP contribution is -2.43. The van der Waals surface area contributed by atoms with Crippen LogP contribution in [0.5, 0.6) is 5.75 Å². The highest BCUT2D eigenvalue weighted by Crippen LogP contribution is 2.27. The van der Waals surface area contributed by atoms with E-state index in [4.69, 9.17) is 4.74 Å². The SMILES string of the molecule is CCCn1cc(CCCN2CCNCC2)c2ccc(OC)cc21. The lowest BCUT2D eigenvalue weighted by Gasteiger charge is -2.26. The van der Waals surface area contributed by atoms with E-state index < -0.39 is 0 Å². The highest BCUT2D eigenvalue weighted by molar-refractivity contribution is 5.85. The molecule has 1 aliphatic heterocycles. The molecule has 0 aliphatic carbocycles. The molecule has 0 radical (unpaired) electrons. The fourth-order valence-electron chi connectivity index (χ4n) is 3.53. The minimum atomic E-state index is 0.945. The highest BCUT2D eigenvalue weighted by atomic mass is 16.5. The summed E-state index contributed by atoms with van der Waals surface area (Å²) in [6.45, 7) is 9.16. The van der Waals surface area contributed by atoms with Gasteiger partial charge in [-0.3, -0.25) is 0 Å². The number of methoxy groups -OCH3 is 1. The second kappa shape index (κ2) is 7.84. The fraction of sp³-hybridized carbons (Fsp3) is 0.579. The van der Waals surface area contributed by atoms with E-state index in [2.05, 4.69) is 46.1 Å². The molecule has 0 spiro atoms. The molecule has 0 amide bonds. The minimum Gasteiger partial charge on any atom is -0.497 e. The maximum Gasteiger partial charge on any atom is 0.120 e. The summed E-state index contributed by atoms with van der Waals surface area (Å²) in [6, 6.07) is 6.48. The highest BCUT2D eigenvalue weighted by Gasteiger charge is 2.12. The minimum absolute atomic E-state index is 0.945. The van der Waals surface area contributed by atoms with Gasteiger partial charge in [-0.2, -0.15) is 0 Å². The normalized spacial score (nSPS) is 16.1. The molecule has 1 aromatic carbocycles. The van der Waals surface area contributed by atoms with E-state index in [0.717, 1.165) is 38.2 Å². The standard InChI is InChI=1S/C19H29N3O/c1-3-10-22-15-16(5-4-11-21-12-8-20-9-13-21)18-7-6-17(23-2)14-19(18)22/h6-7,14-15,20H,3-5,8-13H2,1-2H3. The smallest absolute Gasteiger partial charge is 0.120 e. The number of benzene rings is 1. The van der Waals surface area contributed by atoms with E-state index in [1.807, 2.05) is 0 Å². The number of aryl methyl sites for hydroxylation is 2. The van der Waals surface area contributed by atoms with Gasteiger partial charge in [0.15, 0.2) is 0 Å². The molecule has 1 N–H and O–H groups in total. The van der Waals surface area contributed by atoms with E-state index in [1.165, 1.54) is 42.5 Å². The third-order valence-electron chi connectivity index (χ3n) is 4.77. The quantitative estimate of drug-likeness (QED) is 0.852. The first kappa shape index (κ1) is 16.3. The lowest BCUT2D eigenvalue weighted by atomic mass is 10.1. The van der Waals surface area contributed by atoms with Crippen LogP contribution in [0.3, 0.4) is 0 Å². The summed E-state index contributed by atoms with van der Waals surface area (Å²) in [5, 5.41) is 4.81. The molecule has 1 fully saturated rings. The van der Waals surface area contributed by atoms with Crippen LogP contribution in [-0.4, -0.2) is 49.3 Å². The van der Waals surface area contributed by atoms with Gasteiger partial charge in [0.25, 0.3) is 0 Å². The van der Waals surface area contributed by atoms with E-state index in [1.54, 1.807) is 7.11 Å². The van der Waals surface area contributed by atoms with Crippen LogP contribution in [0.15, 0.2) is 24.4 Å². The van der Waals surface area contributed by atoms with Crippen LogP contribution in [0, 0.1) is 0 Å². The van der Waals surface area contributed by atoms with Crippen molar-refractivity contribution in [1.82, 2.24) is 14.8 Å². The third kappa shape index (κ3) is 3.88. The molecular weight excluding hydrogens is 286 g/mol. The summed E-state index contributed by atoms with van der Waals surface area (Å²) in [5.74, 6) is 0.945. The van der Waals surface area contributed by atoms with Crippen molar-refractivity contribution in [2.45, 2.75) is 32.7 Å². The van der Waals surface area contributed by atoms with E-state index in [-0.39, 0.29) is 0 Å². The zero-order valence-corrected chi connectivity index (χ0v) is 14.5. The van der Waals surface area contributed by atoms with Crippen molar-refractivity contribution >= 4 is 10.9 Å². The summed E-state index contributed by atoms with van der Waals surface area (Å²) >= 11 is 0. The molecule has 4 heteroatoms. The summed E-state index contributed by atoms with van der Waals surface area (Å²) in [6.07, 6.45) is 5.90. The second-order valence-electron chi connectivity index (χ2n) is 6.43. The molecule has 3 rings (SSSR count). The summed E-state index contributed by atoms with van der Waals surface area (Å²) in [7, 11) is 1.74. The Morgan fingerprint density at radius 1 is 1.17 bits per heavy atom. The number of rotatable bonds is 7. The van der Waals surface area contributed by atoms with Gasteiger partial charge >= 0.3 is 0 Å². The van der Waals surface area contributed by atoms with Crippen LogP contribution in [0.25, 0.3) is 10.9 Å². The lowest BCUT2D eigenvalue weighted by molar-refractivity contribution is 0.238. The number of nitrogens with one attached hydrogen (secondary N) is 1. The van der Waals surface area contributed by atoms with Gasteiger partial charge in [0.2, 0.25) is 0 Å². The molecule has 1 aromatic heterocycles. The van der Waals surface area contributed by atoms with Crippen molar-refractivity contribution in [3.8, 4) is 5.75 Å². The number of fused-ring (bicyclic) bond motifs is 1. The van der Waals surface area contributed by atoms with Crippen LogP contribution in [0.2, 0.25) is 0 Å². The molecule has 0 unspecified atom stereocenters. The van der Waals surface area contributed by atoms with Gasteiger partial charge < -0.3 is 19.5 Å². The van der Waals surface area contributed by atoms with Crippen molar-refractivity contribution in [2.24, 2.45) is 0 Å². The van der Waals surface area contributed by atoms with E-state index >= 15 is 0 Å². The molecule has 0 saturated carbocycles. The first-order chi connectivity index (χ1) is 11.3. The molecule has 4 nitrogen and oxygen atoms in total. The number of piperazine rings is 1. The van der Waals surface area contributed by atoms with E-state index in [0.29, 0.717) is 0 Å². The van der Waals surface area contributed by atoms with Crippen LogP contribution >= 0.6 is 0 Å². The predicted octanol–water partition coefficient (Wildman–Crippen LogP) is 2.90. The van der Waals surface area contributed by atoms with Gasteiger partial charge in [0.1, 0.15) is 5.75 Å². The van der Waals surface area contributed by atoms with Gasteiger partial charge in [-0.15, -0.1) is 0 Å². The number of nitrogens with zero attached hydrogens (tertiary/aromatic N) is 2. The zero-order chi connectivity index (χ0) is 16.1. The summed E-state index contributed by atoms with van der Waals surface area (Å²) < 4.78 is 7.79. The predicted molar refractivity (Wildman–Crippen MR) is 96.4 cm³/mol. The molecule has 23 heavy (non-hydrogen) atoms. The van der Waals surface area contributed by atoms with Crippen LogP contribution in [-0.2, 0) is 13.0 Å².